The van der Waals surface area contributed by atoms with Crippen molar-refractivity contribution in [3.05, 3.63) is 64.7 Å². The summed E-state index contributed by atoms with van der Waals surface area (Å²) < 4.78 is 0. The molecule has 0 aliphatic carbocycles. The summed E-state index contributed by atoms with van der Waals surface area (Å²) in [7, 11) is 1.88. The van der Waals surface area contributed by atoms with E-state index in [4.69, 9.17) is 0 Å². The first-order valence-electron chi connectivity index (χ1n) is 7.17. The van der Waals surface area contributed by atoms with Crippen LogP contribution in [0.2, 0.25) is 0 Å². The van der Waals surface area contributed by atoms with Gasteiger partial charge in [0.15, 0.2) is 0 Å². The predicted molar refractivity (Wildman–Crippen MR) is 87.8 cm³/mol. The number of carbonyl (C=O) groups excluding carboxylic acids is 1. The molecule has 0 bridgehead atoms. The molecule has 2 aromatic rings. The summed E-state index contributed by atoms with van der Waals surface area (Å²) in [4.78, 5) is 12.4. The summed E-state index contributed by atoms with van der Waals surface area (Å²) in [5, 5.41) is 6.16. The van der Waals surface area contributed by atoms with E-state index < -0.39 is 0 Å². The van der Waals surface area contributed by atoms with Gasteiger partial charge in [0.1, 0.15) is 0 Å². The van der Waals surface area contributed by atoms with E-state index in [0.29, 0.717) is 5.56 Å². The molecule has 3 heteroatoms. The molecule has 1 unspecified atom stereocenters. The van der Waals surface area contributed by atoms with Crippen LogP contribution in [0.15, 0.2) is 42.5 Å². The average molecular weight is 282 g/mol. The van der Waals surface area contributed by atoms with Crippen LogP contribution in [-0.2, 0) is 0 Å². The molecule has 0 aromatic heterocycles. The topological polar surface area (TPSA) is 41.1 Å². The zero-order chi connectivity index (χ0) is 15.4. The van der Waals surface area contributed by atoms with Crippen molar-refractivity contribution in [1.82, 2.24) is 5.32 Å². The van der Waals surface area contributed by atoms with Crippen LogP contribution in [0, 0.1) is 13.8 Å². The molecule has 0 aliphatic heterocycles. The summed E-state index contributed by atoms with van der Waals surface area (Å²) in [5.74, 6) is -0.0449. The monoisotopic (exact) mass is 282 g/mol. The predicted octanol–water partition coefficient (Wildman–Crippen LogP) is 3.84. The number of amides is 1. The molecule has 21 heavy (non-hydrogen) atoms. The Morgan fingerprint density at radius 2 is 1.76 bits per heavy atom. The second-order valence-electron chi connectivity index (χ2n) is 5.33. The normalized spacial score (nSPS) is 11.8. The Morgan fingerprint density at radius 1 is 1.05 bits per heavy atom. The largest absolute Gasteiger partial charge is 0.388 e. The molecule has 0 aliphatic rings. The molecule has 0 saturated heterocycles. The van der Waals surface area contributed by atoms with Gasteiger partial charge in [-0.2, -0.15) is 0 Å². The summed E-state index contributed by atoms with van der Waals surface area (Å²) in [6, 6.07) is 13.8. The van der Waals surface area contributed by atoms with Crippen LogP contribution in [0.3, 0.4) is 0 Å². The third kappa shape index (κ3) is 3.43. The van der Waals surface area contributed by atoms with E-state index in [1.165, 1.54) is 5.56 Å². The highest BCUT2D eigenvalue weighted by atomic mass is 16.1. The van der Waals surface area contributed by atoms with Gasteiger partial charge >= 0.3 is 0 Å². The Kier molecular flexibility index (Phi) is 4.63. The van der Waals surface area contributed by atoms with Gasteiger partial charge in [0.05, 0.1) is 6.04 Å². The molecule has 0 radical (unpaired) electrons. The number of nitrogens with one attached hydrogen (secondary N) is 2. The number of carbonyl (C=O) groups is 1. The van der Waals surface area contributed by atoms with Gasteiger partial charge in [0.25, 0.3) is 5.91 Å². The van der Waals surface area contributed by atoms with E-state index >= 15 is 0 Å². The van der Waals surface area contributed by atoms with Crippen LogP contribution >= 0.6 is 0 Å². The fourth-order valence-corrected chi connectivity index (χ4v) is 2.52. The van der Waals surface area contributed by atoms with Gasteiger partial charge in [-0.1, -0.05) is 24.3 Å². The van der Waals surface area contributed by atoms with Gasteiger partial charge < -0.3 is 10.6 Å². The molecule has 0 saturated carbocycles. The summed E-state index contributed by atoms with van der Waals surface area (Å²) in [6.07, 6.45) is 0. The van der Waals surface area contributed by atoms with Crippen LogP contribution in [0.5, 0.6) is 0 Å². The molecule has 2 aromatic carbocycles. The Bertz CT molecular complexity index is 649. The highest BCUT2D eigenvalue weighted by molar-refractivity contribution is 5.95. The molecule has 2 rings (SSSR count). The fraction of sp³-hybridized carbons (Fsp3) is 0.278. The van der Waals surface area contributed by atoms with E-state index in [9.17, 15) is 4.79 Å². The molecule has 0 spiro atoms. The maximum atomic E-state index is 12.4. The third-order valence-electron chi connectivity index (χ3n) is 3.76. The van der Waals surface area contributed by atoms with Crippen molar-refractivity contribution in [2.45, 2.75) is 26.8 Å². The van der Waals surface area contributed by atoms with Crippen molar-refractivity contribution in [2.24, 2.45) is 0 Å². The quantitative estimate of drug-likeness (QED) is 0.894. The van der Waals surface area contributed by atoms with Gasteiger partial charge in [-0.25, -0.2) is 0 Å². The fourth-order valence-electron chi connectivity index (χ4n) is 2.52. The molecular formula is C18H22N2O. The van der Waals surface area contributed by atoms with Crippen molar-refractivity contribution in [3.63, 3.8) is 0 Å². The first-order chi connectivity index (χ1) is 10.0. The molecule has 1 atom stereocenters. The zero-order valence-electron chi connectivity index (χ0n) is 13.0. The zero-order valence-corrected chi connectivity index (χ0v) is 13.0. The molecule has 1 amide bonds. The molecule has 110 valence electrons. The molecular weight excluding hydrogens is 260 g/mol. The standard InChI is InChI=1S/C18H22N2O/c1-12-7-5-6-8-16(12)14(3)20-18(21)15-9-10-17(19-4)13(2)11-15/h5-11,14,19H,1-4H3,(H,20,21). The van der Waals surface area contributed by atoms with Crippen LogP contribution in [0.25, 0.3) is 0 Å². The van der Waals surface area contributed by atoms with Crippen LogP contribution in [-0.4, -0.2) is 13.0 Å². The van der Waals surface area contributed by atoms with Gasteiger partial charge in [0.2, 0.25) is 0 Å². The SMILES string of the molecule is CNc1ccc(C(=O)NC(C)c2ccccc2C)cc1C. The lowest BCUT2D eigenvalue weighted by molar-refractivity contribution is 0.0940. The summed E-state index contributed by atoms with van der Waals surface area (Å²) in [5.41, 5.74) is 5.13. The first kappa shape index (κ1) is 15.1. The Balaban J connectivity index is 2.14. The Hall–Kier alpha value is -2.29. The number of hydrogen-bond donors (Lipinski definition) is 2. The van der Waals surface area contributed by atoms with Crippen molar-refractivity contribution in [2.75, 3.05) is 12.4 Å². The van der Waals surface area contributed by atoms with E-state index in [-0.39, 0.29) is 11.9 Å². The molecule has 0 heterocycles. The van der Waals surface area contributed by atoms with E-state index in [1.54, 1.807) is 0 Å². The lowest BCUT2D eigenvalue weighted by Crippen LogP contribution is -2.27. The highest BCUT2D eigenvalue weighted by Crippen LogP contribution is 2.19. The molecule has 2 N–H and O–H groups in total. The second-order valence-corrected chi connectivity index (χ2v) is 5.33. The minimum atomic E-state index is -0.0449. The van der Waals surface area contributed by atoms with E-state index in [0.717, 1.165) is 16.8 Å². The van der Waals surface area contributed by atoms with Crippen molar-refractivity contribution < 1.29 is 4.79 Å². The number of hydrogen-bond acceptors (Lipinski definition) is 2. The second kappa shape index (κ2) is 6.44. The minimum absolute atomic E-state index is 0.0111. The number of rotatable bonds is 4. The van der Waals surface area contributed by atoms with E-state index in [2.05, 4.69) is 29.7 Å². The molecule has 0 fully saturated rings. The molecule has 3 nitrogen and oxygen atoms in total. The smallest absolute Gasteiger partial charge is 0.251 e. The first-order valence-corrected chi connectivity index (χ1v) is 7.17. The van der Waals surface area contributed by atoms with Crippen molar-refractivity contribution in [1.29, 1.82) is 0 Å². The van der Waals surface area contributed by atoms with Crippen molar-refractivity contribution in [3.8, 4) is 0 Å². The van der Waals surface area contributed by atoms with Gasteiger partial charge in [0, 0.05) is 18.3 Å². The maximum Gasteiger partial charge on any atom is 0.251 e. The van der Waals surface area contributed by atoms with Gasteiger partial charge in [-0.05, 0) is 55.7 Å². The Morgan fingerprint density at radius 3 is 2.38 bits per heavy atom. The Labute approximate surface area is 126 Å². The van der Waals surface area contributed by atoms with Gasteiger partial charge in [-0.3, -0.25) is 4.79 Å². The number of anilines is 1. The lowest BCUT2D eigenvalue weighted by atomic mass is 10.0. The van der Waals surface area contributed by atoms with E-state index in [1.807, 2.05) is 51.2 Å². The maximum absolute atomic E-state index is 12.4. The minimum Gasteiger partial charge on any atom is -0.388 e. The average Bonchev–Trinajstić information content (AvgIpc) is 2.47. The highest BCUT2D eigenvalue weighted by Gasteiger charge is 2.13. The number of aryl methyl sites for hydroxylation is 2. The van der Waals surface area contributed by atoms with Crippen LogP contribution in [0.4, 0.5) is 5.69 Å². The lowest BCUT2D eigenvalue weighted by Gasteiger charge is -2.17. The third-order valence-corrected chi connectivity index (χ3v) is 3.76. The van der Waals surface area contributed by atoms with Crippen LogP contribution < -0.4 is 10.6 Å². The van der Waals surface area contributed by atoms with Crippen LogP contribution in [0.1, 0.15) is 40.0 Å². The summed E-state index contributed by atoms with van der Waals surface area (Å²) >= 11 is 0. The van der Waals surface area contributed by atoms with Crippen molar-refractivity contribution >= 4 is 11.6 Å². The van der Waals surface area contributed by atoms with Gasteiger partial charge in [-0.15, -0.1) is 0 Å². The summed E-state index contributed by atoms with van der Waals surface area (Å²) in [6.45, 7) is 6.06. The number of benzene rings is 2.